The van der Waals surface area contributed by atoms with Crippen molar-refractivity contribution in [3.8, 4) is 23.0 Å². The van der Waals surface area contributed by atoms with Crippen LogP contribution in [-0.4, -0.2) is 38.8 Å². The highest BCUT2D eigenvalue weighted by Gasteiger charge is 2.13. The summed E-state index contributed by atoms with van der Waals surface area (Å²) < 4.78 is 23.7. The highest BCUT2D eigenvalue weighted by Crippen LogP contribution is 2.39. The van der Waals surface area contributed by atoms with Crippen LogP contribution in [0, 0.1) is 0 Å². The molecule has 0 amide bonds. The van der Waals surface area contributed by atoms with E-state index in [9.17, 15) is 4.79 Å². The van der Waals surface area contributed by atoms with Crippen LogP contribution in [0.15, 0.2) is 67.0 Å². The van der Waals surface area contributed by atoms with E-state index in [0.29, 0.717) is 39.3 Å². The van der Waals surface area contributed by atoms with E-state index in [4.69, 9.17) is 30.5 Å². The number of ether oxygens (including phenoxy) is 4. The lowest BCUT2D eigenvalue weighted by atomic mass is 10.1. The lowest BCUT2D eigenvalue weighted by Gasteiger charge is -2.13. The van der Waals surface area contributed by atoms with E-state index < -0.39 is 0 Å². The van der Waals surface area contributed by atoms with Crippen LogP contribution in [0.3, 0.4) is 0 Å². The number of carbonyl (C=O) groups is 1. The van der Waals surface area contributed by atoms with E-state index in [1.54, 1.807) is 46.8 Å². The van der Waals surface area contributed by atoms with Gasteiger partial charge in [-0.3, -0.25) is 4.79 Å². The first-order valence-electron chi connectivity index (χ1n) is 11.8. The van der Waals surface area contributed by atoms with Gasteiger partial charge < -0.3 is 28.8 Å². The minimum Gasteiger partial charge on any atom is -0.495 e. The van der Waals surface area contributed by atoms with Crippen LogP contribution < -0.4 is 24.3 Å². The van der Waals surface area contributed by atoms with Crippen LogP contribution in [-0.2, 0) is 7.05 Å². The standard InChI is InChI=1S/C30H29ClN2O5/c1-33-18-22(21-8-6-7-9-25(21)33)26(34)12-13-32-24-17-27(35-2)23(31)16-20(24)11-10-19-14-28(36-3)30(38-5)29(15-19)37-4/h6-18,32H,1-5H3/b11-10?,13-12-. The highest BCUT2D eigenvalue weighted by molar-refractivity contribution is 6.32. The first-order valence-corrected chi connectivity index (χ1v) is 12.1. The Morgan fingerprint density at radius 1 is 0.895 bits per heavy atom. The smallest absolute Gasteiger partial charge is 0.203 e. The number of rotatable bonds is 10. The molecule has 0 unspecified atom stereocenters. The number of ketones is 1. The number of hydrogen-bond acceptors (Lipinski definition) is 6. The number of carbonyl (C=O) groups excluding carboxylic acids is 1. The van der Waals surface area contributed by atoms with E-state index in [1.807, 2.05) is 66.4 Å². The van der Waals surface area contributed by atoms with Gasteiger partial charge in [0, 0.05) is 53.7 Å². The predicted molar refractivity (Wildman–Crippen MR) is 153 cm³/mol. The number of hydrogen-bond donors (Lipinski definition) is 1. The van der Waals surface area contributed by atoms with Gasteiger partial charge in [-0.05, 0) is 35.4 Å². The van der Waals surface area contributed by atoms with Gasteiger partial charge in [0.15, 0.2) is 17.3 Å². The third-order valence-electron chi connectivity index (χ3n) is 6.10. The number of halogens is 1. The summed E-state index contributed by atoms with van der Waals surface area (Å²) in [7, 11) is 8.18. The van der Waals surface area contributed by atoms with Crippen molar-refractivity contribution in [2.45, 2.75) is 0 Å². The minimum atomic E-state index is -0.107. The molecule has 0 radical (unpaired) electrons. The Morgan fingerprint density at radius 2 is 1.58 bits per heavy atom. The molecule has 0 bridgehead atoms. The zero-order valence-corrected chi connectivity index (χ0v) is 22.6. The largest absolute Gasteiger partial charge is 0.495 e. The van der Waals surface area contributed by atoms with Crippen LogP contribution in [0.1, 0.15) is 21.5 Å². The molecule has 0 fully saturated rings. The zero-order valence-electron chi connectivity index (χ0n) is 21.9. The summed E-state index contributed by atoms with van der Waals surface area (Å²) in [4.78, 5) is 13.0. The van der Waals surface area contributed by atoms with E-state index in [0.717, 1.165) is 22.0 Å². The van der Waals surface area contributed by atoms with E-state index in [-0.39, 0.29) is 5.78 Å². The van der Waals surface area contributed by atoms with Gasteiger partial charge in [-0.1, -0.05) is 42.0 Å². The Hall–Kier alpha value is -4.36. The van der Waals surface area contributed by atoms with Gasteiger partial charge in [-0.2, -0.15) is 0 Å². The quantitative estimate of drug-likeness (QED) is 0.137. The summed E-state index contributed by atoms with van der Waals surface area (Å²) in [5.74, 6) is 2.01. The van der Waals surface area contributed by atoms with Crippen molar-refractivity contribution in [1.29, 1.82) is 0 Å². The topological polar surface area (TPSA) is 71.0 Å². The Bertz CT molecular complexity index is 1510. The zero-order chi connectivity index (χ0) is 27.2. The van der Waals surface area contributed by atoms with Crippen molar-refractivity contribution in [2.24, 2.45) is 7.05 Å². The van der Waals surface area contributed by atoms with Gasteiger partial charge in [0.1, 0.15) is 5.75 Å². The number of benzene rings is 3. The molecule has 196 valence electrons. The fourth-order valence-corrected chi connectivity index (χ4v) is 4.46. The van der Waals surface area contributed by atoms with Crippen molar-refractivity contribution in [3.05, 3.63) is 88.7 Å². The number of anilines is 1. The maximum Gasteiger partial charge on any atom is 0.203 e. The molecule has 1 N–H and O–H groups in total. The van der Waals surface area contributed by atoms with Crippen LogP contribution in [0.4, 0.5) is 5.69 Å². The maximum absolute atomic E-state index is 13.0. The summed E-state index contributed by atoms with van der Waals surface area (Å²) >= 11 is 6.42. The molecule has 0 saturated heterocycles. The molecule has 1 heterocycles. The third-order valence-corrected chi connectivity index (χ3v) is 6.40. The van der Waals surface area contributed by atoms with Crippen molar-refractivity contribution in [3.63, 3.8) is 0 Å². The van der Waals surface area contributed by atoms with Gasteiger partial charge in [0.05, 0.1) is 33.5 Å². The summed E-state index contributed by atoms with van der Waals surface area (Å²) in [5.41, 5.74) is 3.96. The summed E-state index contributed by atoms with van der Waals surface area (Å²) in [5, 5.41) is 4.57. The summed E-state index contributed by atoms with van der Waals surface area (Å²) in [6.45, 7) is 0. The Balaban J connectivity index is 1.63. The first-order chi connectivity index (χ1) is 18.4. The Morgan fingerprint density at radius 3 is 2.24 bits per heavy atom. The minimum absolute atomic E-state index is 0.107. The number of nitrogens with one attached hydrogen (secondary N) is 1. The molecule has 38 heavy (non-hydrogen) atoms. The number of aryl methyl sites for hydroxylation is 1. The van der Waals surface area contributed by atoms with E-state index >= 15 is 0 Å². The van der Waals surface area contributed by atoms with Crippen LogP contribution in [0.5, 0.6) is 23.0 Å². The third kappa shape index (κ3) is 5.48. The first kappa shape index (κ1) is 26.7. The number of nitrogens with zero attached hydrogens (tertiary/aromatic N) is 1. The second-order valence-corrected chi connectivity index (χ2v) is 8.79. The molecular weight excluding hydrogens is 504 g/mol. The number of aromatic nitrogens is 1. The van der Waals surface area contributed by atoms with Crippen molar-refractivity contribution >= 4 is 46.1 Å². The molecule has 1 aromatic heterocycles. The van der Waals surface area contributed by atoms with Crippen molar-refractivity contribution in [2.75, 3.05) is 33.8 Å². The van der Waals surface area contributed by atoms with E-state index in [1.165, 1.54) is 6.08 Å². The number of allylic oxidation sites excluding steroid dienone is 1. The van der Waals surface area contributed by atoms with E-state index in [2.05, 4.69) is 5.32 Å². The molecule has 0 atom stereocenters. The normalized spacial score (nSPS) is 11.3. The van der Waals surface area contributed by atoms with Gasteiger partial charge in [-0.15, -0.1) is 0 Å². The molecule has 4 aromatic rings. The molecule has 0 aliphatic heterocycles. The summed E-state index contributed by atoms with van der Waals surface area (Å²) in [6.07, 6.45) is 8.76. The molecule has 8 heteroatoms. The lowest BCUT2D eigenvalue weighted by Crippen LogP contribution is -1.98. The maximum atomic E-state index is 13.0. The molecule has 0 spiro atoms. The van der Waals surface area contributed by atoms with Gasteiger partial charge in [-0.25, -0.2) is 0 Å². The van der Waals surface area contributed by atoms with Crippen LogP contribution in [0.25, 0.3) is 23.1 Å². The van der Waals surface area contributed by atoms with Gasteiger partial charge in [0.2, 0.25) is 5.75 Å². The van der Waals surface area contributed by atoms with Crippen LogP contribution in [0.2, 0.25) is 5.02 Å². The molecular formula is C30H29ClN2O5. The van der Waals surface area contributed by atoms with Crippen molar-refractivity contribution < 1.29 is 23.7 Å². The second-order valence-electron chi connectivity index (χ2n) is 8.38. The predicted octanol–water partition coefficient (Wildman–Crippen LogP) is 6.85. The average Bonchev–Trinajstić information content (AvgIpc) is 3.28. The molecule has 0 aliphatic carbocycles. The Labute approximate surface area is 226 Å². The molecule has 4 rings (SSSR count). The SMILES string of the molecule is COc1cc(N/C=C\C(=O)c2cn(C)c3ccccc23)c(C=Cc2cc(OC)c(OC)c(OC)c2)cc1Cl. The second kappa shape index (κ2) is 11.8. The van der Waals surface area contributed by atoms with Crippen molar-refractivity contribution in [1.82, 2.24) is 4.57 Å². The van der Waals surface area contributed by atoms with Gasteiger partial charge >= 0.3 is 0 Å². The molecule has 0 saturated carbocycles. The summed E-state index contributed by atoms with van der Waals surface area (Å²) in [6, 6.07) is 15.1. The number of para-hydroxylation sites is 1. The van der Waals surface area contributed by atoms with Crippen LogP contribution >= 0.6 is 11.6 Å². The fourth-order valence-electron chi connectivity index (χ4n) is 4.21. The monoisotopic (exact) mass is 532 g/mol. The molecule has 7 nitrogen and oxygen atoms in total. The molecule has 0 aliphatic rings. The lowest BCUT2D eigenvalue weighted by molar-refractivity contribution is 0.104. The molecule has 3 aromatic carbocycles. The average molecular weight is 533 g/mol. The highest BCUT2D eigenvalue weighted by atomic mass is 35.5. The number of fused-ring (bicyclic) bond motifs is 1. The number of methoxy groups -OCH3 is 4. The fraction of sp³-hybridized carbons (Fsp3) is 0.167. The Kier molecular flexibility index (Phi) is 8.28. The van der Waals surface area contributed by atoms with Gasteiger partial charge in [0.25, 0.3) is 0 Å².